The van der Waals surface area contributed by atoms with Crippen molar-refractivity contribution in [1.82, 2.24) is 9.88 Å². The number of hydrogen-bond acceptors (Lipinski definition) is 4. The average Bonchev–Trinajstić information content (AvgIpc) is 2.86. The topological polar surface area (TPSA) is 71.9 Å². The molecule has 29 heavy (non-hydrogen) atoms. The number of amides is 1. The molecule has 0 aromatic carbocycles. The van der Waals surface area contributed by atoms with Crippen LogP contribution < -0.4 is 0 Å². The average molecular weight is 424 g/mol. The van der Waals surface area contributed by atoms with Crippen molar-refractivity contribution in [2.75, 3.05) is 13.1 Å². The molecule has 3 rings (SSSR count). The highest BCUT2D eigenvalue weighted by Gasteiger charge is 2.48. The van der Waals surface area contributed by atoms with Gasteiger partial charge in [0.25, 0.3) is 0 Å². The third-order valence-electron chi connectivity index (χ3n) is 5.27. The zero-order valence-corrected chi connectivity index (χ0v) is 18.9. The summed E-state index contributed by atoms with van der Waals surface area (Å²) in [6.07, 6.45) is 2.79. The molecular weight excluding hydrogens is 393 g/mol. The van der Waals surface area contributed by atoms with Crippen molar-refractivity contribution >= 4 is 22.8 Å². The summed E-state index contributed by atoms with van der Waals surface area (Å²) in [6.45, 7) is 12.1. The number of nitrogens with zero attached hydrogens (tertiary/aromatic N) is 3. The third-order valence-corrected chi connectivity index (χ3v) is 6.67. The Balaban J connectivity index is 1.90. The van der Waals surface area contributed by atoms with Crippen molar-refractivity contribution in [3.8, 4) is 0 Å². The van der Waals surface area contributed by atoms with Gasteiger partial charge in [-0.2, -0.15) is 4.40 Å². The van der Waals surface area contributed by atoms with E-state index in [1.54, 1.807) is 4.90 Å². The lowest BCUT2D eigenvalue weighted by atomic mass is 9.75. The van der Waals surface area contributed by atoms with Gasteiger partial charge in [0, 0.05) is 30.5 Å². The standard InChI is InChI=1S/C21H30FN3O3S/c1-19(2,3)28-18(26)25-9-7-21(8-10-25)12-16-15(11-14(22)13-23-16)17(21)24-29(27)20(4,5)6/h11,13H,7-10,12H2,1-6H3/b24-17+/t29-/m1/s1. The van der Waals surface area contributed by atoms with E-state index >= 15 is 0 Å². The predicted octanol–water partition coefficient (Wildman–Crippen LogP) is 4.05. The van der Waals surface area contributed by atoms with E-state index in [0.717, 1.165) is 5.69 Å². The van der Waals surface area contributed by atoms with Crippen LogP contribution in [0.2, 0.25) is 0 Å². The first-order valence-electron chi connectivity index (χ1n) is 9.95. The molecule has 8 heteroatoms. The first kappa shape index (κ1) is 21.9. The molecule has 1 spiro atoms. The minimum Gasteiger partial charge on any atom is -0.444 e. The highest BCUT2D eigenvalue weighted by molar-refractivity contribution is 7.85. The van der Waals surface area contributed by atoms with E-state index < -0.39 is 27.2 Å². The normalized spacial score (nSPS) is 21.3. The lowest BCUT2D eigenvalue weighted by Gasteiger charge is -2.40. The van der Waals surface area contributed by atoms with Crippen LogP contribution in [0.4, 0.5) is 9.18 Å². The van der Waals surface area contributed by atoms with Gasteiger partial charge in [-0.15, -0.1) is 0 Å². The Hall–Kier alpha value is -1.83. The highest BCUT2D eigenvalue weighted by Crippen LogP contribution is 2.45. The van der Waals surface area contributed by atoms with Gasteiger partial charge in [-0.1, -0.05) is 0 Å². The van der Waals surface area contributed by atoms with Gasteiger partial charge in [-0.25, -0.2) is 13.4 Å². The maximum Gasteiger partial charge on any atom is 0.410 e. The second kappa shape index (κ2) is 7.45. The van der Waals surface area contributed by atoms with Gasteiger partial charge in [0.1, 0.15) is 22.4 Å². The third kappa shape index (κ3) is 4.68. The largest absolute Gasteiger partial charge is 0.444 e. The number of pyridine rings is 1. The quantitative estimate of drug-likeness (QED) is 0.683. The van der Waals surface area contributed by atoms with Gasteiger partial charge in [0.05, 0.1) is 22.3 Å². The van der Waals surface area contributed by atoms with Crippen molar-refractivity contribution in [2.24, 2.45) is 9.81 Å². The smallest absolute Gasteiger partial charge is 0.410 e. The summed E-state index contributed by atoms with van der Waals surface area (Å²) < 4.78 is 36.3. The van der Waals surface area contributed by atoms with Crippen molar-refractivity contribution in [3.05, 3.63) is 29.3 Å². The SMILES string of the molecule is CC(C)(C)OC(=O)N1CCC2(CC1)Cc1ncc(F)cc1/C2=N\[S@](=O)C(C)(C)C. The second-order valence-electron chi connectivity index (χ2n) is 9.87. The minimum absolute atomic E-state index is 0.330. The molecule has 160 valence electrons. The van der Waals surface area contributed by atoms with Crippen LogP contribution in [0.1, 0.15) is 65.6 Å². The zero-order chi connectivity index (χ0) is 21.6. The molecule has 1 aromatic heterocycles. The van der Waals surface area contributed by atoms with E-state index in [1.807, 2.05) is 41.5 Å². The zero-order valence-electron chi connectivity index (χ0n) is 18.0. The molecule has 0 bridgehead atoms. The van der Waals surface area contributed by atoms with Crippen LogP contribution in [0.3, 0.4) is 0 Å². The number of carbonyl (C=O) groups excluding carboxylic acids is 1. The minimum atomic E-state index is -1.47. The molecule has 0 unspecified atom stereocenters. The Morgan fingerprint density at radius 1 is 1.24 bits per heavy atom. The Morgan fingerprint density at radius 3 is 2.41 bits per heavy atom. The summed E-state index contributed by atoms with van der Waals surface area (Å²) in [4.78, 5) is 18.4. The summed E-state index contributed by atoms with van der Waals surface area (Å²) in [7, 11) is -1.47. The van der Waals surface area contributed by atoms with E-state index in [-0.39, 0.29) is 11.5 Å². The Bertz CT molecular complexity index is 863. The maximum absolute atomic E-state index is 13.9. The molecule has 0 saturated carbocycles. The molecule has 1 aliphatic carbocycles. The van der Waals surface area contributed by atoms with Crippen molar-refractivity contribution in [1.29, 1.82) is 0 Å². The number of ether oxygens (including phenoxy) is 1. The number of hydrogen-bond donors (Lipinski definition) is 0. The van der Waals surface area contributed by atoms with Crippen LogP contribution in [0.15, 0.2) is 16.7 Å². The van der Waals surface area contributed by atoms with Gasteiger partial charge in [0.15, 0.2) is 0 Å². The fraction of sp³-hybridized carbons (Fsp3) is 0.667. The van der Waals surface area contributed by atoms with Crippen molar-refractivity contribution in [2.45, 2.75) is 71.2 Å². The number of aromatic nitrogens is 1. The number of piperidine rings is 1. The van der Waals surface area contributed by atoms with Crippen LogP contribution in [0, 0.1) is 11.2 Å². The lowest BCUT2D eigenvalue weighted by Crippen LogP contribution is -2.47. The summed E-state index contributed by atoms with van der Waals surface area (Å²) in [5.74, 6) is -0.429. The van der Waals surface area contributed by atoms with Crippen LogP contribution in [-0.2, 0) is 22.1 Å². The van der Waals surface area contributed by atoms with Gasteiger partial charge >= 0.3 is 6.09 Å². The number of likely N-dealkylation sites (tertiary alicyclic amines) is 1. The maximum atomic E-state index is 13.9. The number of carbonyl (C=O) groups is 1. The summed E-state index contributed by atoms with van der Waals surface area (Å²) in [5, 5.41) is 0. The first-order chi connectivity index (χ1) is 13.3. The van der Waals surface area contributed by atoms with E-state index in [4.69, 9.17) is 4.74 Å². The molecule has 2 aliphatic rings. The molecule has 1 saturated heterocycles. The van der Waals surface area contributed by atoms with Crippen molar-refractivity contribution < 1.29 is 18.1 Å². The number of halogens is 1. The molecule has 0 radical (unpaired) electrons. The van der Waals surface area contributed by atoms with Gasteiger partial charge in [-0.05, 0) is 60.5 Å². The van der Waals surface area contributed by atoms with E-state index in [2.05, 4.69) is 9.38 Å². The van der Waals surface area contributed by atoms with E-state index in [9.17, 15) is 13.4 Å². The summed E-state index contributed by atoms with van der Waals surface area (Å²) in [6, 6.07) is 1.44. The first-order valence-corrected chi connectivity index (χ1v) is 11.1. The predicted molar refractivity (Wildman–Crippen MR) is 112 cm³/mol. The highest BCUT2D eigenvalue weighted by atomic mass is 32.2. The van der Waals surface area contributed by atoms with Gasteiger partial charge < -0.3 is 9.64 Å². The monoisotopic (exact) mass is 423 g/mol. The molecule has 0 N–H and O–H groups in total. The molecule has 2 heterocycles. The Morgan fingerprint density at radius 2 is 1.86 bits per heavy atom. The Kier molecular flexibility index (Phi) is 5.62. The summed E-state index contributed by atoms with van der Waals surface area (Å²) in [5.41, 5.74) is 1.16. The van der Waals surface area contributed by atoms with Gasteiger partial charge in [0.2, 0.25) is 0 Å². The van der Waals surface area contributed by atoms with Crippen LogP contribution in [0.25, 0.3) is 0 Å². The molecule has 1 amide bonds. The molecule has 1 aromatic rings. The summed E-state index contributed by atoms with van der Waals surface area (Å²) >= 11 is 0. The van der Waals surface area contributed by atoms with Crippen LogP contribution in [0.5, 0.6) is 0 Å². The molecule has 6 nitrogen and oxygen atoms in total. The number of fused-ring (bicyclic) bond motifs is 1. The van der Waals surface area contributed by atoms with E-state index in [0.29, 0.717) is 43.6 Å². The number of rotatable bonds is 1. The van der Waals surface area contributed by atoms with E-state index in [1.165, 1.54) is 12.3 Å². The molecule has 1 atom stereocenters. The van der Waals surface area contributed by atoms with Crippen LogP contribution in [-0.4, -0.2) is 49.3 Å². The van der Waals surface area contributed by atoms with Crippen LogP contribution >= 0.6 is 0 Å². The molecular formula is C21H30FN3O3S. The fourth-order valence-corrected chi connectivity index (χ4v) is 4.46. The van der Waals surface area contributed by atoms with Crippen molar-refractivity contribution in [3.63, 3.8) is 0 Å². The second-order valence-corrected chi connectivity index (χ2v) is 11.8. The lowest BCUT2D eigenvalue weighted by molar-refractivity contribution is 0.0159. The Labute approximate surface area is 174 Å². The molecule has 1 aliphatic heterocycles. The molecule has 1 fully saturated rings. The fourth-order valence-electron chi connectivity index (χ4n) is 3.73. The van der Waals surface area contributed by atoms with Gasteiger partial charge in [-0.3, -0.25) is 4.98 Å².